The third-order valence-corrected chi connectivity index (χ3v) is 32.8. The molecule has 12 aromatic carbocycles. The number of hydrogen-bond acceptors (Lipinski definition) is 16. The zero-order valence-electron chi connectivity index (χ0n) is 61.9. The molecule has 15 heterocycles. The lowest BCUT2D eigenvalue weighted by Gasteiger charge is -2.33. The van der Waals surface area contributed by atoms with Crippen molar-refractivity contribution in [2.45, 2.75) is 0 Å². The number of hydrogen-bond donors (Lipinski definition) is 0. The minimum atomic E-state index is 0.162. The van der Waals surface area contributed by atoms with E-state index in [1.807, 2.05) is 104 Å². The lowest BCUT2D eigenvalue weighted by atomic mass is 9.41. The number of benzene rings is 12. The Morgan fingerprint density at radius 2 is 0.615 bits per heavy atom. The summed E-state index contributed by atoms with van der Waals surface area (Å²) >= 11 is 15.1. The van der Waals surface area contributed by atoms with Crippen molar-refractivity contribution in [2.75, 3.05) is 14.7 Å². The van der Waals surface area contributed by atoms with Crippen LogP contribution in [-0.4, -0.2) is 40.1 Å². The minimum Gasteiger partial charge on any atom is -0.456 e. The molecule has 12 aromatic heterocycles. The fourth-order valence-corrected chi connectivity index (χ4v) is 28.6. The van der Waals surface area contributed by atoms with E-state index >= 15 is 0 Å². The van der Waals surface area contributed by atoms with Gasteiger partial charge < -0.3 is 9.32 Å². The number of rotatable bonds is 6. The summed E-state index contributed by atoms with van der Waals surface area (Å²) in [6.07, 6.45) is 7.70. The second-order valence-electron chi connectivity index (χ2n) is 29.7. The van der Waals surface area contributed by atoms with E-state index in [1.165, 1.54) is 170 Å². The Bertz CT molecular complexity index is 7880. The molecule has 0 N–H and O–H groups in total. The molecule has 27 rings (SSSR count). The van der Waals surface area contributed by atoms with Gasteiger partial charge in [0.1, 0.15) is 16.0 Å². The van der Waals surface area contributed by atoms with Crippen molar-refractivity contribution in [1.29, 1.82) is 0 Å². The van der Waals surface area contributed by atoms with Crippen molar-refractivity contribution in [1.82, 2.24) is 19.9 Å². The molecule has 24 aromatic rings. The Hall–Kier alpha value is -12.4. The molecule has 117 heavy (non-hydrogen) atoms. The second kappa shape index (κ2) is 27.1. The number of fused-ring (bicyclic) bond motifs is 27. The first-order valence-corrected chi connectivity index (χ1v) is 45.4. The van der Waals surface area contributed by atoms with Crippen LogP contribution in [0.4, 0.5) is 51.6 Å². The van der Waals surface area contributed by atoms with E-state index in [4.69, 9.17) is 19.4 Å². The van der Waals surface area contributed by atoms with Crippen LogP contribution in [-0.2, 0) is 0 Å². The van der Waals surface area contributed by atoms with E-state index in [0.29, 0.717) is 0 Å². The van der Waals surface area contributed by atoms with Crippen molar-refractivity contribution in [3.63, 3.8) is 0 Å². The number of thiophene rings is 8. The van der Waals surface area contributed by atoms with E-state index in [9.17, 15) is 0 Å². The van der Waals surface area contributed by atoms with Gasteiger partial charge in [-0.1, -0.05) is 253 Å². The maximum atomic E-state index is 6.16. The fourth-order valence-electron chi connectivity index (χ4n) is 18.2. The quantitative estimate of drug-likeness (QED) is 0.153. The molecule has 0 radical (unpaired) electrons. The number of nitrogens with zero attached hydrogens (tertiary/aromatic N) is 7. The Labute approximate surface area is 703 Å². The Balaban J connectivity index is 0.0000000980. The van der Waals surface area contributed by atoms with Crippen LogP contribution in [0, 0.1) is 0 Å². The lowest BCUT2D eigenvalue weighted by Crippen LogP contribution is -2.54. The molecule has 3 aliphatic rings. The summed E-state index contributed by atoms with van der Waals surface area (Å²) in [6, 6.07) is 114. The minimum absolute atomic E-state index is 0.162. The zero-order valence-corrected chi connectivity index (χ0v) is 68.4. The summed E-state index contributed by atoms with van der Waals surface area (Å²) in [7, 11) is 0. The van der Waals surface area contributed by atoms with Gasteiger partial charge in [0.25, 0.3) is 20.1 Å². The molecule has 0 atom stereocenters. The summed E-state index contributed by atoms with van der Waals surface area (Å²) in [5.74, 6) is 1.75. The predicted octanol–water partition coefficient (Wildman–Crippen LogP) is 23.5. The first kappa shape index (κ1) is 67.9. The molecule has 0 fully saturated rings. The molecule has 0 aliphatic carbocycles. The van der Waals surface area contributed by atoms with Gasteiger partial charge in [0.2, 0.25) is 5.95 Å². The monoisotopic (exact) mass is 1640 g/mol. The lowest BCUT2D eigenvalue weighted by molar-refractivity contribution is 0.668. The van der Waals surface area contributed by atoms with Crippen molar-refractivity contribution in [3.05, 3.63) is 340 Å². The highest BCUT2D eigenvalue weighted by Crippen LogP contribution is 2.54. The standard InChI is InChI=1S/C33H19BN2OS2.C33H19BN2S3.C32H18BN3S3/c1-2-8-20(9-3-1)34-32-30(22-10-4-6-12-28(22)38-32)36(31-23-11-5-7-13-29(23)39-33(31)34)21-14-15-26-24(18-21)25-19-35-17-16-27(25)37-26;1-2-10-20(11-3-1)34-31-28(23-13-5-8-16-26(23)38-31)36(29-24-14-6-9-17-27(24)39-32(29)34)33-30-22(18-19-35-33)21-12-4-7-15-25(21)37-30;1-2-10-19(11-3-1)33-29-27(21-13-5-8-16-25(21)37-29)36(28-22-14-6-9-17-26(22)38-30(28)33)32-34-18-23-20-12-4-7-15-24(20)39-31(23)35-32/h2*1-19H;1-18H. The highest BCUT2D eigenvalue weighted by Gasteiger charge is 2.45. The Morgan fingerprint density at radius 3 is 1.05 bits per heavy atom. The van der Waals surface area contributed by atoms with Crippen LogP contribution in [0.3, 0.4) is 0 Å². The molecule has 19 heteroatoms. The van der Waals surface area contributed by atoms with Gasteiger partial charge in [-0.05, 0) is 78.9 Å². The average molecular weight is 1640 g/mol. The smallest absolute Gasteiger partial charge is 0.272 e. The van der Waals surface area contributed by atoms with Gasteiger partial charge >= 0.3 is 0 Å². The Morgan fingerprint density at radius 1 is 0.256 bits per heavy atom. The number of pyridine rings is 2. The van der Waals surface area contributed by atoms with E-state index in [-0.39, 0.29) is 20.1 Å². The van der Waals surface area contributed by atoms with Crippen molar-refractivity contribution in [2.24, 2.45) is 0 Å². The summed E-state index contributed by atoms with van der Waals surface area (Å²) in [4.78, 5) is 28.2. The van der Waals surface area contributed by atoms with E-state index in [0.717, 1.165) is 49.6 Å². The maximum Gasteiger partial charge on any atom is 0.272 e. The number of aromatic nitrogens is 4. The van der Waals surface area contributed by atoms with Crippen LogP contribution in [0.15, 0.2) is 345 Å². The van der Waals surface area contributed by atoms with Gasteiger partial charge in [0.05, 0.1) is 38.8 Å². The molecule has 0 unspecified atom stereocenters. The maximum absolute atomic E-state index is 6.16. The molecular formula is C98H56B3N7OS8. The molecule has 0 saturated heterocycles. The summed E-state index contributed by atoms with van der Waals surface area (Å²) in [5, 5.41) is 14.7. The third kappa shape index (κ3) is 10.5. The molecule has 0 bridgehead atoms. The van der Waals surface area contributed by atoms with Crippen molar-refractivity contribution >= 4 is 330 Å². The van der Waals surface area contributed by atoms with Crippen LogP contribution >= 0.6 is 90.7 Å². The van der Waals surface area contributed by atoms with Crippen LogP contribution in [0.2, 0.25) is 0 Å². The summed E-state index contributed by atoms with van der Waals surface area (Å²) < 4.78 is 26.0. The highest BCUT2D eigenvalue weighted by atomic mass is 32.1. The van der Waals surface area contributed by atoms with Crippen LogP contribution in [0.25, 0.3) is 123 Å². The molecule has 0 amide bonds. The second-order valence-corrected chi connectivity index (χ2v) is 38.2. The summed E-state index contributed by atoms with van der Waals surface area (Å²) in [6.45, 7) is 0.532. The molecule has 8 nitrogen and oxygen atoms in total. The van der Waals surface area contributed by atoms with Gasteiger partial charge in [0, 0.05) is 161 Å². The third-order valence-electron chi connectivity index (χ3n) is 23.2. The van der Waals surface area contributed by atoms with E-state index in [2.05, 4.69) is 329 Å². The first-order valence-electron chi connectivity index (χ1n) is 38.9. The SMILES string of the molecule is c1ccc(B2c3sc4ccccc4c3N(c3ccc4oc5ccncc5c4c3)c3c2sc2ccccc32)cc1.c1ccc(B2c3sc4ccccc4c3N(c3ncc4c(n3)sc3ccccc34)c3c2sc2ccccc32)cc1.c1ccc(B2c3sc4ccccc4c3N(c3nccc4c3sc3ccccc34)c3c2sc2ccccc32)cc1. The van der Waals surface area contributed by atoms with Gasteiger partial charge in [-0.25, -0.2) is 15.0 Å². The molecule has 546 valence electrons. The summed E-state index contributed by atoms with van der Waals surface area (Å²) in [5.41, 5.74) is 14.4. The van der Waals surface area contributed by atoms with Crippen LogP contribution in [0.5, 0.6) is 0 Å². The van der Waals surface area contributed by atoms with E-state index < -0.39 is 0 Å². The van der Waals surface area contributed by atoms with Crippen LogP contribution in [0.1, 0.15) is 0 Å². The number of furan rings is 1. The van der Waals surface area contributed by atoms with Gasteiger partial charge in [0.15, 0.2) is 5.82 Å². The topological polar surface area (TPSA) is 74.4 Å². The van der Waals surface area contributed by atoms with Crippen molar-refractivity contribution in [3.8, 4) is 0 Å². The highest BCUT2D eigenvalue weighted by molar-refractivity contribution is 7.42. The normalized spacial score (nSPS) is 13.0. The van der Waals surface area contributed by atoms with E-state index in [1.54, 1.807) is 17.5 Å². The van der Waals surface area contributed by atoms with Crippen LogP contribution < -0.4 is 59.7 Å². The molecule has 3 aliphatic heterocycles. The first-order chi connectivity index (χ1) is 58.1. The number of anilines is 9. The Kier molecular flexibility index (Phi) is 15.7. The predicted molar refractivity (Wildman–Crippen MR) is 513 cm³/mol. The molecular weight excluding hydrogens is 1580 g/mol. The molecule has 0 spiro atoms. The fraction of sp³-hybridized carbons (Fsp3) is 0. The largest absolute Gasteiger partial charge is 0.456 e. The zero-order chi connectivity index (χ0) is 76.5. The molecule has 0 saturated carbocycles. The van der Waals surface area contributed by atoms with Gasteiger partial charge in [-0.15, -0.1) is 90.7 Å². The van der Waals surface area contributed by atoms with Gasteiger partial charge in [-0.3, -0.25) is 14.8 Å². The van der Waals surface area contributed by atoms with Gasteiger partial charge in [-0.2, -0.15) is 0 Å². The van der Waals surface area contributed by atoms with Crippen molar-refractivity contribution < 1.29 is 4.42 Å². The average Bonchev–Trinajstić information content (AvgIpc) is 1.56.